The van der Waals surface area contributed by atoms with E-state index in [1.807, 2.05) is 7.11 Å². The maximum atomic E-state index is 5.26. The molecule has 0 bridgehead atoms. The van der Waals surface area contributed by atoms with Gasteiger partial charge in [0.15, 0.2) is 0 Å². The van der Waals surface area contributed by atoms with E-state index in [-0.39, 0.29) is 0 Å². The summed E-state index contributed by atoms with van der Waals surface area (Å²) >= 11 is 2.08. The summed E-state index contributed by atoms with van der Waals surface area (Å²) in [5.74, 6) is 3.49. The Kier molecular flexibility index (Phi) is 3.17. The molecule has 0 aromatic carbocycles. The van der Waals surface area contributed by atoms with Gasteiger partial charge in [-0.15, -0.1) is 0 Å². The first-order valence-corrected chi connectivity index (χ1v) is 6.31. The van der Waals surface area contributed by atoms with Crippen LogP contribution >= 0.6 is 11.8 Å². The largest absolute Gasteiger partial charge is 0.381 e. The molecular weight excluding hydrogens is 182 g/mol. The van der Waals surface area contributed by atoms with Gasteiger partial charge in [0.2, 0.25) is 0 Å². The van der Waals surface area contributed by atoms with Crippen molar-refractivity contribution in [3.63, 3.8) is 0 Å². The molecule has 76 valence electrons. The molecule has 1 heterocycles. The Morgan fingerprint density at radius 1 is 1.31 bits per heavy atom. The first-order valence-electron chi connectivity index (χ1n) is 5.16. The summed E-state index contributed by atoms with van der Waals surface area (Å²) in [5.41, 5.74) is 0. The molecule has 2 fully saturated rings. The monoisotopic (exact) mass is 201 g/mol. The predicted octanol–water partition coefficient (Wildman–Crippen LogP) is 1.50. The number of hydrogen-bond acceptors (Lipinski definition) is 3. The average molecular weight is 201 g/mol. The van der Waals surface area contributed by atoms with Gasteiger partial charge in [-0.2, -0.15) is 11.8 Å². The topological polar surface area (TPSA) is 21.3 Å². The molecule has 1 saturated heterocycles. The standard InChI is InChI=1S/C10H19NOS/c1-7-5-13-6-10(7)11-8-3-9(4-8)12-2/h7-11H,3-6H2,1-2H3. The quantitative estimate of drug-likeness (QED) is 0.748. The molecule has 2 rings (SSSR count). The minimum absolute atomic E-state index is 0.530. The number of rotatable bonds is 3. The van der Waals surface area contributed by atoms with Crippen LogP contribution < -0.4 is 5.32 Å². The molecule has 2 nitrogen and oxygen atoms in total. The number of ether oxygens (including phenoxy) is 1. The van der Waals surface area contributed by atoms with Crippen LogP contribution in [-0.4, -0.2) is 36.8 Å². The van der Waals surface area contributed by atoms with Crippen LogP contribution in [0.25, 0.3) is 0 Å². The molecule has 2 unspecified atom stereocenters. The second-order valence-electron chi connectivity index (χ2n) is 4.31. The van der Waals surface area contributed by atoms with E-state index in [1.54, 1.807) is 0 Å². The van der Waals surface area contributed by atoms with Gasteiger partial charge in [0.1, 0.15) is 0 Å². The molecule has 1 saturated carbocycles. The molecular formula is C10H19NOS. The van der Waals surface area contributed by atoms with Gasteiger partial charge >= 0.3 is 0 Å². The first-order chi connectivity index (χ1) is 6.29. The summed E-state index contributed by atoms with van der Waals surface area (Å²) in [4.78, 5) is 0. The zero-order valence-electron chi connectivity index (χ0n) is 8.45. The highest BCUT2D eigenvalue weighted by Crippen LogP contribution is 2.28. The van der Waals surface area contributed by atoms with Crippen LogP contribution in [0.2, 0.25) is 0 Å². The van der Waals surface area contributed by atoms with Crippen LogP contribution in [-0.2, 0) is 4.74 Å². The van der Waals surface area contributed by atoms with Gasteiger partial charge in [-0.3, -0.25) is 0 Å². The van der Waals surface area contributed by atoms with Gasteiger partial charge in [0.25, 0.3) is 0 Å². The fourth-order valence-corrected chi connectivity index (χ4v) is 3.49. The highest BCUT2D eigenvalue weighted by atomic mass is 32.2. The van der Waals surface area contributed by atoms with E-state index in [0.717, 1.165) is 18.0 Å². The summed E-state index contributed by atoms with van der Waals surface area (Å²) in [6, 6.07) is 1.49. The van der Waals surface area contributed by atoms with Crippen LogP contribution in [0, 0.1) is 5.92 Å². The second kappa shape index (κ2) is 4.20. The molecule has 1 aliphatic heterocycles. The lowest BCUT2D eigenvalue weighted by atomic mass is 9.88. The fourth-order valence-electron chi connectivity index (χ4n) is 2.07. The van der Waals surface area contributed by atoms with Crippen molar-refractivity contribution in [2.45, 2.75) is 38.0 Å². The Balaban J connectivity index is 1.68. The van der Waals surface area contributed by atoms with Crippen LogP contribution in [0.4, 0.5) is 0 Å². The normalized spacial score (nSPS) is 44.8. The van der Waals surface area contributed by atoms with Crippen molar-refractivity contribution in [3.8, 4) is 0 Å². The zero-order chi connectivity index (χ0) is 9.26. The third-order valence-corrected chi connectivity index (χ3v) is 4.60. The van der Waals surface area contributed by atoms with Gasteiger partial charge in [-0.25, -0.2) is 0 Å². The molecule has 13 heavy (non-hydrogen) atoms. The van der Waals surface area contributed by atoms with Gasteiger partial charge in [-0.1, -0.05) is 6.92 Å². The van der Waals surface area contributed by atoms with Crippen LogP contribution in [0.5, 0.6) is 0 Å². The Hall–Kier alpha value is 0.270. The highest BCUT2D eigenvalue weighted by Gasteiger charge is 2.33. The summed E-state index contributed by atoms with van der Waals surface area (Å²) in [6.45, 7) is 2.35. The van der Waals surface area contributed by atoms with Crippen LogP contribution in [0.1, 0.15) is 19.8 Å². The predicted molar refractivity (Wildman–Crippen MR) is 57.2 cm³/mol. The van der Waals surface area contributed by atoms with E-state index in [0.29, 0.717) is 6.10 Å². The molecule has 3 heteroatoms. The molecule has 0 aromatic rings. The molecule has 0 aromatic heterocycles. The van der Waals surface area contributed by atoms with Crippen molar-refractivity contribution < 1.29 is 4.74 Å². The van der Waals surface area contributed by atoms with Crippen molar-refractivity contribution in [3.05, 3.63) is 0 Å². The number of hydrogen-bond donors (Lipinski definition) is 1. The van der Waals surface area contributed by atoms with Crippen molar-refractivity contribution in [2.75, 3.05) is 18.6 Å². The van der Waals surface area contributed by atoms with Crippen molar-refractivity contribution >= 4 is 11.8 Å². The molecule has 1 aliphatic carbocycles. The second-order valence-corrected chi connectivity index (χ2v) is 5.39. The Morgan fingerprint density at radius 3 is 2.62 bits per heavy atom. The SMILES string of the molecule is COC1CC(NC2CSCC2C)C1. The molecule has 1 N–H and O–H groups in total. The average Bonchev–Trinajstić information content (AvgIpc) is 2.43. The Morgan fingerprint density at radius 2 is 2.08 bits per heavy atom. The smallest absolute Gasteiger partial charge is 0.0601 e. The van der Waals surface area contributed by atoms with E-state index in [1.165, 1.54) is 24.3 Å². The summed E-state index contributed by atoms with van der Waals surface area (Å²) in [7, 11) is 1.81. The van der Waals surface area contributed by atoms with Gasteiger partial charge in [-0.05, 0) is 24.5 Å². The minimum atomic E-state index is 0.530. The zero-order valence-corrected chi connectivity index (χ0v) is 9.27. The maximum absolute atomic E-state index is 5.26. The molecule has 0 radical (unpaired) electrons. The third-order valence-electron chi connectivity index (χ3n) is 3.24. The number of methoxy groups -OCH3 is 1. The number of thioether (sulfide) groups is 1. The van der Waals surface area contributed by atoms with Crippen molar-refractivity contribution in [1.29, 1.82) is 0 Å². The minimum Gasteiger partial charge on any atom is -0.381 e. The molecule has 0 amide bonds. The fraction of sp³-hybridized carbons (Fsp3) is 1.00. The van der Waals surface area contributed by atoms with E-state index in [9.17, 15) is 0 Å². The Bertz CT molecular complexity index is 170. The van der Waals surface area contributed by atoms with Crippen molar-refractivity contribution in [2.24, 2.45) is 5.92 Å². The Labute approximate surface area is 84.8 Å². The van der Waals surface area contributed by atoms with Crippen LogP contribution in [0.15, 0.2) is 0 Å². The third kappa shape index (κ3) is 2.20. The van der Waals surface area contributed by atoms with Gasteiger partial charge in [0.05, 0.1) is 6.10 Å². The molecule has 2 atom stereocenters. The van der Waals surface area contributed by atoms with Gasteiger partial charge < -0.3 is 10.1 Å². The van der Waals surface area contributed by atoms with Crippen molar-refractivity contribution in [1.82, 2.24) is 5.32 Å². The lowest BCUT2D eigenvalue weighted by Gasteiger charge is -2.37. The van der Waals surface area contributed by atoms with E-state index in [4.69, 9.17) is 4.74 Å². The van der Waals surface area contributed by atoms with E-state index < -0.39 is 0 Å². The summed E-state index contributed by atoms with van der Waals surface area (Å²) in [6.07, 6.45) is 2.95. The summed E-state index contributed by atoms with van der Waals surface area (Å²) < 4.78 is 5.26. The summed E-state index contributed by atoms with van der Waals surface area (Å²) in [5, 5.41) is 3.73. The highest BCUT2D eigenvalue weighted by molar-refractivity contribution is 7.99. The lowest BCUT2D eigenvalue weighted by molar-refractivity contribution is 0.0137. The van der Waals surface area contributed by atoms with E-state index >= 15 is 0 Å². The van der Waals surface area contributed by atoms with E-state index in [2.05, 4.69) is 24.0 Å². The maximum Gasteiger partial charge on any atom is 0.0601 e. The molecule has 2 aliphatic rings. The van der Waals surface area contributed by atoms with Gasteiger partial charge in [0, 0.05) is 24.9 Å². The first kappa shape index (κ1) is 9.81. The number of nitrogens with one attached hydrogen (secondary N) is 1. The lowest BCUT2D eigenvalue weighted by Crippen LogP contribution is -2.50. The molecule has 0 spiro atoms. The van der Waals surface area contributed by atoms with Crippen LogP contribution in [0.3, 0.4) is 0 Å².